The van der Waals surface area contributed by atoms with Crippen LogP contribution in [0.2, 0.25) is 0 Å². The summed E-state index contributed by atoms with van der Waals surface area (Å²) in [6.07, 6.45) is 1.30. The van der Waals surface area contributed by atoms with E-state index in [4.69, 9.17) is 4.74 Å². The molecule has 24 heavy (non-hydrogen) atoms. The van der Waals surface area contributed by atoms with Gasteiger partial charge in [0.05, 0.1) is 0 Å². The van der Waals surface area contributed by atoms with Gasteiger partial charge in [-0.2, -0.15) is 0 Å². The number of anilines is 1. The lowest BCUT2D eigenvalue weighted by atomic mass is 10.2. The average Bonchev–Trinajstić information content (AvgIpc) is 3.00. The number of aromatic amines is 2. The van der Waals surface area contributed by atoms with Gasteiger partial charge >= 0.3 is 5.69 Å². The predicted molar refractivity (Wildman–Crippen MR) is 86.5 cm³/mol. The molecule has 1 heterocycles. The summed E-state index contributed by atoms with van der Waals surface area (Å²) in [5, 5.41) is 2.67. The van der Waals surface area contributed by atoms with Crippen molar-refractivity contribution in [1.29, 1.82) is 0 Å². The molecule has 3 rings (SSSR count). The summed E-state index contributed by atoms with van der Waals surface area (Å²) in [7, 11) is 0. The van der Waals surface area contributed by atoms with Crippen molar-refractivity contribution in [2.24, 2.45) is 0 Å². The van der Waals surface area contributed by atoms with Crippen LogP contribution in [0.5, 0.6) is 5.75 Å². The topological polar surface area (TPSA) is 87.0 Å². The van der Waals surface area contributed by atoms with Crippen LogP contribution in [-0.2, 0) is 6.61 Å². The molecule has 2 aromatic carbocycles. The molecule has 0 saturated heterocycles. The van der Waals surface area contributed by atoms with Crippen molar-refractivity contribution in [3.63, 3.8) is 0 Å². The number of halogens is 1. The van der Waals surface area contributed by atoms with Crippen molar-refractivity contribution in [3.8, 4) is 5.75 Å². The van der Waals surface area contributed by atoms with E-state index in [1.807, 2.05) is 6.07 Å². The smallest absolute Gasteiger partial charge is 0.323 e. The van der Waals surface area contributed by atoms with Crippen LogP contribution >= 0.6 is 0 Å². The molecule has 0 radical (unpaired) electrons. The summed E-state index contributed by atoms with van der Waals surface area (Å²) >= 11 is 0. The van der Waals surface area contributed by atoms with Crippen LogP contribution in [0.15, 0.2) is 59.5 Å². The molecule has 0 atom stereocenters. The first kappa shape index (κ1) is 15.5. The summed E-state index contributed by atoms with van der Waals surface area (Å²) in [5.74, 6) is -0.375. The highest BCUT2D eigenvalue weighted by Gasteiger charge is 2.08. The highest BCUT2D eigenvalue weighted by molar-refractivity contribution is 6.02. The number of carbonyl (C=O) groups is 1. The van der Waals surface area contributed by atoms with Gasteiger partial charge in [-0.05, 0) is 29.8 Å². The highest BCUT2D eigenvalue weighted by Crippen LogP contribution is 2.16. The van der Waals surface area contributed by atoms with E-state index in [0.717, 1.165) is 5.56 Å². The molecule has 7 heteroatoms. The SMILES string of the molecule is O=C(Nc1cccc(COc2cccc(F)c2)c1)c1c[nH]c(=O)[nH]1. The summed E-state index contributed by atoms with van der Waals surface area (Å²) in [6, 6.07) is 12.9. The maximum absolute atomic E-state index is 13.1. The Morgan fingerprint density at radius 1 is 1.17 bits per heavy atom. The minimum atomic E-state index is -0.447. The lowest BCUT2D eigenvalue weighted by molar-refractivity contribution is 0.102. The molecule has 0 saturated carbocycles. The van der Waals surface area contributed by atoms with Gasteiger partial charge in [-0.25, -0.2) is 9.18 Å². The monoisotopic (exact) mass is 327 g/mol. The zero-order valence-corrected chi connectivity index (χ0v) is 12.5. The Hall–Kier alpha value is -3.35. The first-order valence-corrected chi connectivity index (χ1v) is 7.16. The van der Waals surface area contributed by atoms with E-state index in [-0.39, 0.29) is 18.1 Å². The second kappa shape index (κ2) is 6.82. The number of nitrogens with one attached hydrogen (secondary N) is 3. The van der Waals surface area contributed by atoms with Crippen molar-refractivity contribution >= 4 is 11.6 Å². The van der Waals surface area contributed by atoms with Gasteiger partial charge in [0, 0.05) is 18.0 Å². The Bertz CT molecular complexity index is 917. The third-order valence-corrected chi connectivity index (χ3v) is 3.23. The van der Waals surface area contributed by atoms with E-state index in [2.05, 4.69) is 15.3 Å². The molecule has 3 N–H and O–H groups in total. The van der Waals surface area contributed by atoms with E-state index in [0.29, 0.717) is 11.4 Å². The largest absolute Gasteiger partial charge is 0.489 e. The number of imidazole rings is 1. The van der Waals surface area contributed by atoms with Gasteiger partial charge in [-0.1, -0.05) is 18.2 Å². The van der Waals surface area contributed by atoms with E-state index >= 15 is 0 Å². The number of benzene rings is 2. The van der Waals surface area contributed by atoms with Gasteiger partial charge in [-0.3, -0.25) is 4.79 Å². The number of carbonyl (C=O) groups excluding carboxylic acids is 1. The van der Waals surface area contributed by atoms with E-state index in [9.17, 15) is 14.0 Å². The van der Waals surface area contributed by atoms with Gasteiger partial charge in [0.15, 0.2) is 0 Å². The maximum atomic E-state index is 13.1. The Kier molecular flexibility index (Phi) is 4.42. The molecule has 0 aliphatic heterocycles. The first-order valence-electron chi connectivity index (χ1n) is 7.16. The zero-order valence-electron chi connectivity index (χ0n) is 12.5. The van der Waals surface area contributed by atoms with E-state index in [1.54, 1.807) is 30.3 Å². The Morgan fingerprint density at radius 2 is 2.00 bits per heavy atom. The number of hydrogen-bond donors (Lipinski definition) is 3. The summed E-state index contributed by atoms with van der Waals surface area (Å²) < 4.78 is 18.6. The van der Waals surface area contributed by atoms with Gasteiger partial charge in [-0.15, -0.1) is 0 Å². The molecule has 1 amide bonds. The fourth-order valence-corrected chi connectivity index (χ4v) is 2.12. The van der Waals surface area contributed by atoms with Crippen LogP contribution < -0.4 is 15.7 Å². The van der Waals surface area contributed by atoms with Crippen molar-refractivity contribution in [1.82, 2.24) is 9.97 Å². The minimum absolute atomic E-state index is 0.140. The fraction of sp³-hybridized carbons (Fsp3) is 0.0588. The lowest BCUT2D eigenvalue weighted by Gasteiger charge is -2.09. The van der Waals surface area contributed by atoms with E-state index < -0.39 is 11.6 Å². The average molecular weight is 327 g/mol. The molecule has 6 nitrogen and oxygen atoms in total. The molecule has 0 unspecified atom stereocenters. The quantitative estimate of drug-likeness (QED) is 0.673. The van der Waals surface area contributed by atoms with Gasteiger partial charge in [0.2, 0.25) is 0 Å². The summed E-state index contributed by atoms with van der Waals surface area (Å²) in [4.78, 5) is 27.7. The second-order valence-corrected chi connectivity index (χ2v) is 5.06. The molecule has 0 fully saturated rings. The second-order valence-electron chi connectivity index (χ2n) is 5.06. The van der Waals surface area contributed by atoms with Gasteiger partial charge in [0.25, 0.3) is 5.91 Å². The third kappa shape index (κ3) is 3.89. The summed E-state index contributed by atoms with van der Waals surface area (Å²) in [5.41, 5.74) is 1.06. The Balaban J connectivity index is 1.65. The van der Waals surface area contributed by atoms with Crippen LogP contribution in [0.1, 0.15) is 16.1 Å². The predicted octanol–water partition coefficient (Wildman–Crippen LogP) is 2.67. The van der Waals surface area contributed by atoms with Crippen LogP contribution in [0.3, 0.4) is 0 Å². The van der Waals surface area contributed by atoms with Crippen LogP contribution in [0, 0.1) is 5.82 Å². The number of hydrogen-bond acceptors (Lipinski definition) is 3. The number of H-pyrrole nitrogens is 2. The molecule has 1 aromatic heterocycles. The minimum Gasteiger partial charge on any atom is -0.489 e. The molecule has 0 spiro atoms. The summed E-state index contributed by atoms with van der Waals surface area (Å²) in [6.45, 7) is 0.230. The first-order chi connectivity index (χ1) is 11.6. The van der Waals surface area contributed by atoms with Crippen LogP contribution in [-0.4, -0.2) is 15.9 Å². The third-order valence-electron chi connectivity index (χ3n) is 3.23. The molecule has 0 aliphatic rings. The van der Waals surface area contributed by atoms with Gasteiger partial charge < -0.3 is 20.0 Å². The Labute approximate surface area is 136 Å². The fourth-order valence-electron chi connectivity index (χ4n) is 2.12. The van der Waals surface area contributed by atoms with Crippen molar-refractivity contribution in [3.05, 3.63) is 82.3 Å². The molecule has 0 bridgehead atoms. The standard InChI is InChI=1S/C17H14FN3O3/c18-12-4-2-6-14(8-12)24-10-11-3-1-5-13(7-11)20-16(22)15-9-19-17(23)21-15/h1-9H,10H2,(H,20,22)(H2,19,21,23). The normalized spacial score (nSPS) is 10.4. The van der Waals surface area contributed by atoms with Gasteiger partial charge in [0.1, 0.15) is 23.9 Å². The molecular weight excluding hydrogens is 313 g/mol. The number of ether oxygens (including phenoxy) is 1. The van der Waals surface area contributed by atoms with Crippen LogP contribution in [0.25, 0.3) is 0 Å². The lowest BCUT2D eigenvalue weighted by Crippen LogP contribution is -2.14. The van der Waals surface area contributed by atoms with Crippen LogP contribution in [0.4, 0.5) is 10.1 Å². The zero-order chi connectivity index (χ0) is 16.9. The van der Waals surface area contributed by atoms with Crippen molar-refractivity contribution < 1.29 is 13.9 Å². The maximum Gasteiger partial charge on any atom is 0.323 e. The molecular formula is C17H14FN3O3. The number of amides is 1. The van der Waals surface area contributed by atoms with Crippen molar-refractivity contribution in [2.75, 3.05) is 5.32 Å². The molecule has 3 aromatic rings. The Morgan fingerprint density at radius 3 is 2.75 bits per heavy atom. The number of aromatic nitrogens is 2. The molecule has 122 valence electrons. The molecule has 0 aliphatic carbocycles. The number of rotatable bonds is 5. The highest BCUT2D eigenvalue weighted by atomic mass is 19.1. The van der Waals surface area contributed by atoms with Crippen molar-refractivity contribution in [2.45, 2.75) is 6.61 Å². The van der Waals surface area contributed by atoms with E-state index in [1.165, 1.54) is 18.3 Å².